The highest BCUT2D eigenvalue weighted by molar-refractivity contribution is 7.52. The molecule has 0 saturated heterocycles. The number of halogens is 1. The van der Waals surface area contributed by atoms with Crippen LogP contribution in [0.1, 0.15) is 0 Å². The van der Waals surface area contributed by atoms with Crippen LogP contribution in [0, 0.1) is 0 Å². The quantitative estimate of drug-likeness (QED) is 0.380. The Bertz CT molecular complexity index is 381. The van der Waals surface area contributed by atoms with E-state index in [0.717, 1.165) is 0 Å². The highest BCUT2D eigenvalue weighted by Crippen LogP contribution is 2.52. The molecule has 0 spiro atoms. The molecule has 0 amide bonds. The molecule has 0 aromatic rings. The maximum Gasteiger partial charge on any atom is 0.354 e. The van der Waals surface area contributed by atoms with Crippen molar-refractivity contribution in [2.75, 3.05) is 0 Å². The topological polar surface area (TPSA) is 66.8 Å². The Balaban J connectivity index is 5.74. The molecule has 9 heteroatoms. The molecule has 0 aromatic heterocycles. The second kappa shape index (κ2) is 6.89. The Morgan fingerprint density at radius 2 is 1.24 bits per heavy atom. The molecule has 0 aliphatic heterocycles. The zero-order valence-electron chi connectivity index (χ0n) is 14.8. The van der Waals surface area contributed by atoms with E-state index < -0.39 is 43.3 Å². The molecule has 0 saturated carbocycles. The Morgan fingerprint density at radius 1 is 0.905 bits per heavy atom. The van der Waals surface area contributed by atoms with Gasteiger partial charge in [0.05, 0.1) is 5.38 Å². The molecule has 0 fully saturated rings. The molecule has 0 aliphatic carbocycles. The predicted octanol–water partition coefficient (Wildman–Crippen LogP) is 4.53. The van der Waals surface area contributed by atoms with E-state index in [4.69, 9.17) is 16.0 Å². The number of hydrogen-bond donors (Lipinski definition) is 2. The van der Waals surface area contributed by atoms with Gasteiger partial charge in [-0.15, -0.1) is 11.6 Å². The van der Waals surface area contributed by atoms with Gasteiger partial charge in [-0.1, -0.05) is 39.3 Å². The zero-order valence-corrected chi connectivity index (χ0v) is 19.4. The summed E-state index contributed by atoms with van der Waals surface area (Å²) >= 11 is 6.65. The normalized spacial score (nSPS) is 18.0. The molecule has 2 atom stereocenters. The Kier molecular flexibility index (Phi) is 7.23. The Labute approximate surface area is 137 Å². The molecule has 0 heterocycles. The third-order valence-corrected chi connectivity index (χ3v) is 16.2. The van der Waals surface area contributed by atoms with Gasteiger partial charge in [0.1, 0.15) is 0 Å². The Hall–Kier alpha value is 1.05. The fourth-order valence-electron chi connectivity index (χ4n) is 3.10. The first kappa shape index (κ1) is 22.1. The van der Waals surface area contributed by atoms with Gasteiger partial charge in [-0.3, -0.25) is 4.57 Å². The second-order valence-electron chi connectivity index (χ2n) is 8.86. The third-order valence-electron chi connectivity index (χ3n) is 3.26. The minimum atomic E-state index is -4.40. The van der Waals surface area contributed by atoms with Crippen LogP contribution in [0.25, 0.3) is 0 Å². The summed E-state index contributed by atoms with van der Waals surface area (Å²) in [7, 11) is -9.86. The first-order chi connectivity index (χ1) is 8.87. The van der Waals surface area contributed by atoms with Crippen molar-refractivity contribution in [2.45, 2.75) is 75.3 Å². The van der Waals surface area contributed by atoms with Gasteiger partial charge in [-0.2, -0.15) is 0 Å². The van der Waals surface area contributed by atoms with E-state index >= 15 is 0 Å². The van der Waals surface area contributed by atoms with Crippen LogP contribution < -0.4 is 0 Å². The SMILES string of the molecule is C[Si](C)(C)OC(C(Cl)C([Si](C)(C)C)[Si](C)(C)C)P(=O)(O)O. The minimum Gasteiger partial charge on any atom is -0.403 e. The summed E-state index contributed by atoms with van der Waals surface area (Å²) in [6, 6.07) is 0. The molecule has 2 unspecified atom stereocenters. The molecular weight excluding hydrogens is 359 g/mol. The fraction of sp³-hybridized carbons (Fsp3) is 1.00. The van der Waals surface area contributed by atoms with Crippen LogP contribution in [-0.2, 0) is 8.99 Å². The maximum absolute atomic E-state index is 11.9. The van der Waals surface area contributed by atoms with Gasteiger partial charge in [0.25, 0.3) is 0 Å². The van der Waals surface area contributed by atoms with Crippen LogP contribution >= 0.6 is 19.2 Å². The van der Waals surface area contributed by atoms with Crippen LogP contribution in [0.4, 0.5) is 0 Å². The number of hydrogen-bond acceptors (Lipinski definition) is 2. The summed E-state index contributed by atoms with van der Waals surface area (Å²) in [6.07, 6.45) is 0. The van der Waals surface area contributed by atoms with Crippen LogP contribution in [0.15, 0.2) is 0 Å². The van der Waals surface area contributed by atoms with Gasteiger partial charge in [0.15, 0.2) is 14.2 Å². The zero-order chi connectivity index (χ0) is 17.4. The van der Waals surface area contributed by atoms with Crippen molar-refractivity contribution in [3.05, 3.63) is 0 Å². The molecular formula is C12H32ClO4PSi3. The summed E-state index contributed by atoms with van der Waals surface area (Å²) < 4.78 is 17.8. The van der Waals surface area contributed by atoms with Gasteiger partial charge in [0, 0.05) is 16.1 Å². The summed E-state index contributed by atoms with van der Waals surface area (Å²) in [5.74, 6) is -1.19. The van der Waals surface area contributed by atoms with Gasteiger partial charge >= 0.3 is 7.60 Å². The minimum absolute atomic E-state index is 0.167. The fourth-order valence-corrected chi connectivity index (χ4v) is 21.8. The van der Waals surface area contributed by atoms with Crippen molar-refractivity contribution in [1.29, 1.82) is 0 Å². The molecule has 0 rings (SSSR count). The van der Waals surface area contributed by atoms with E-state index in [1.54, 1.807) is 0 Å². The average Bonchev–Trinajstić information content (AvgIpc) is 2.05. The van der Waals surface area contributed by atoms with Gasteiger partial charge in [0.2, 0.25) is 0 Å². The lowest BCUT2D eigenvalue weighted by atomic mass is 10.5. The van der Waals surface area contributed by atoms with Crippen LogP contribution in [0.3, 0.4) is 0 Å². The molecule has 0 bridgehead atoms. The first-order valence-corrected chi connectivity index (χ1v) is 19.9. The van der Waals surface area contributed by atoms with Crippen LogP contribution in [0.5, 0.6) is 0 Å². The monoisotopic (exact) mass is 390 g/mol. The van der Waals surface area contributed by atoms with Crippen molar-refractivity contribution in [3.8, 4) is 0 Å². The standard InChI is InChI=1S/C12H32ClO4PSi3/c1-19(2,3)12(20(4,5)6)10(13)11(18(14,15)16)17-21(7,8)9/h10-12H,1-9H3,(H2,14,15,16). The first-order valence-electron chi connectivity index (χ1n) is 7.24. The summed E-state index contributed by atoms with van der Waals surface area (Å²) in [6.45, 7) is 19.1. The lowest BCUT2D eigenvalue weighted by Crippen LogP contribution is -2.53. The predicted molar refractivity (Wildman–Crippen MR) is 100 cm³/mol. The van der Waals surface area contributed by atoms with Crippen molar-refractivity contribution in [3.63, 3.8) is 0 Å². The van der Waals surface area contributed by atoms with Crippen LogP contribution in [-0.4, -0.2) is 45.5 Å². The maximum atomic E-state index is 11.9. The molecule has 0 aliphatic rings. The molecule has 128 valence electrons. The lowest BCUT2D eigenvalue weighted by molar-refractivity contribution is 0.213. The molecule has 21 heavy (non-hydrogen) atoms. The van der Waals surface area contributed by atoms with E-state index in [0.29, 0.717) is 0 Å². The number of rotatable bonds is 7. The molecule has 0 aromatic carbocycles. The van der Waals surface area contributed by atoms with Crippen molar-refractivity contribution >= 4 is 43.7 Å². The van der Waals surface area contributed by atoms with E-state index in [9.17, 15) is 14.4 Å². The second-order valence-corrected chi connectivity index (χ2v) is 26.8. The average molecular weight is 391 g/mol. The highest BCUT2D eigenvalue weighted by atomic mass is 35.5. The summed E-state index contributed by atoms with van der Waals surface area (Å²) in [4.78, 5) is 19.5. The Morgan fingerprint density at radius 3 is 1.43 bits per heavy atom. The largest absolute Gasteiger partial charge is 0.403 e. The summed E-state index contributed by atoms with van der Waals surface area (Å²) in [5.41, 5.74) is 0. The lowest BCUT2D eigenvalue weighted by Gasteiger charge is -2.44. The molecule has 2 N–H and O–H groups in total. The van der Waals surface area contributed by atoms with Crippen molar-refractivity contribution in [1.82, 2.24) is 0 Å². The van der Waals surface area contributed by atoms with Gasteiger partial charge in [-0.25, -0.2) is 0 Å². The van der Waals surface area contributed by atoms with E-state index in [1.807, 2.05) is 19.6 Å². The highest BCUT2D eigenvalue weighted by Gasteiger charge is 2.50. The smallest absolute Gasteiger partial charge is 0.354 e. The van der Waals surface area contributed by atoms with Gasteiger partial charge in [-0.05, 0) is 24.8 Å². The van der Waals surface area contributed by atoms with Gasteiger partial charge < -0.3 is 14.2 Å². The van der Waals surface area contributed by atoms with Crippen molar-refractivity contribution < 1.29 is 18.8 Å². The van der Waals surface area contributed by atoms with E-state index in [2.05, 4.69) is 39.3 Å². The van der Waals surface area contributed by atoms with Crippen LogP contribution in [0.2, 0.25) is 64.1 Å². The number of alkyl halides is 1. The van der Waals surface area contributed by atoms with E-state index in [-0.39, 0.29) is 5.16 Å². The molecule has 4 nitrogen and oxygen atoms in total. The van der Waals surface area contributed by atoms with E-state index in [1.165, 1.54) is 0 Å². The summed E-state index contributed by atoms with van der Waals surface area (Å²) in [5, 5.41) is -0.462. The third kappa shape index (κ3) is 7.44. The molecule has 0 radical (unpaired) electrons. The van der Waals surface area contributed by atoms with Crippen molar-refractivity contribution in [2.24, 2.45) is 0 Å².